The largest absolute Gasteiger partial charge is 0.485 e. The Morgan fingerprint density at radius 2 is 1.97 bits per heavy atom. The van der Waals surface area contributed by atoms with Crippen molar-refractivity contribution < 1.29 is 23.9 Å². The fourth-order valence-corrected chi connectivity index (χ4v) is 3.36. The third kappa shape index (κ3) is 6.77. The van der Waals surface area contributed by atoms with Crippen LogP contribution in [0.1, 0.15) is 51.9 Å². The van der Waals surface area contributed by atoms with E-state index < -0.39 is 23.8 Å². The van der Waals surface area contributed by atoms with Crippen LogP contribution < -0.4 is 15.4 Å². The maximum Gasteiger partial charge on any atom is 0.410 e. The molecule has 1 aliphatic rings. The number of benzene rings is 1. The molecule has 0 saturated carbocycles. The molecular weight excluding hydrogens is 412 g/mol. The number of para-hydroxylation sites is 1. The molecule has 2 N–H and O–H groups in total. The van der Waals surface area contributed by atoms with Crippen molar-refractivity contribution in [1.29, 1.82) is 0 Å². The minimum atomic E-state index is -0.612. The van der Waals surface area contributed by atoms with E-state index in [2.05, 4.69) is 10.6 Å². The first-order valence-corrected chi connectivity index (χ1v) is 10.8. The van der Waals surface area contributed by atoms with E-state index >= 15 is 0 Å². The van der Waals surface area contributed by atoms with Gasteiger partial charge in [0, 0.05) is 32.6 Å². The second-order valence-electron chi connectivity index (χ2n) is 9.62. The number of nitrogens with zero attached hydrogens (tertiary/aromatic N) is 2. The Labute approximate surface area is 190 Å². The Morgan fingerprint density at radius 1 is 1.31 bits per heavy atom. The van der Waals surface area contributed by atoms with Crippen molar-refractivity contribution in [3.05, 3.63) is 23.8 Å². The first-order valence-electron chi connectivity index (χ1n) is 10.8. The summed E-state index contributed by atoms with van der Waals surface area (Å²) >= 11 is 0. The van der Waals surface area contributed by atoms with Gasteiger partial charge in [0.25, 0.3) is 5.91 Å². The lowest BCUT2D eigenvalue weighted by atomic mass is 10.0. The smallest absolute Gasteiger partial charge is 0.410 e. The lowest BCUT2D eigenvalue weighted by molar-refractivity contribution is 0.0152. The second kappa shape index (κ2) is 10.1. The van der Waals surface area contributed by atoms with Crippen LogP contribution in [0.15, 0.2) is 18.2 Å². The van der Waals surface area contributed by atoms with E-state index in [1.54, 1.807) is 37.2 Å². The summed E-state index contributed by atoms with van der Waals surface area (Å²) in [6.07, 6.45) is -0.888. The van der Waals surface area contributed by atoms with Gasteiger partial charge in [-0.2, -0.15) is 0 Å². The number of anilines is 1. The summed E-state index contributed by atoms with van der Waals surface area (Å²) in [7, 11) is 3.38. The molecule has 1 aromatic carbocycles. The van der Waals surface area contributed by atoms with Gasteiger partial charge in [0.05, 0.1) is 17.8 Å². The summed E-state index contributed by atoms with van der Waals surface area (Å²) < 4.78 is 11.8. The van der Waals surface area contributed by atoms with E-state index in [0.29, 0.717) is 17.8 Å². The Kier molecular flexibility index (Phi) is 7.98. The van der Waals surface area contributed by atoms with Gasteiger partial charge in [-0.25, -0.2) is 9.59 Å². The van der Waals surface area contributed by atoms with E-state index in [0.717, 1.165) is 0 Å². The number of fused-ring (bicyclic) bond motifs is 1. The molecule has 0 spiro atoms. The van der Waals surface area contributed by atoms with Crippen LogP contribution in [-0.4, -0.2) is 72.8 Å². The highest BCUT2D eigenvalue weighted by atomic mass is 16.6. The molecule has 0 radical (unpaired) electrons. The van der Waals surface area contributed by atoms with Crippen LogP contribution in [0.25, 0.3) is 0 Å². The van der Waals surface area contributed by atoms with Crippen molar-refractivity contribution in [2.24, 2.45) is 5.92 Å². The molecule has 9 nitrogen and oxygen atoms in total. The van der Waals surface area contributed by atoms with Gasteiger partial charge in [0.2, 0.25) is 0 Å². The van der Waals surface area contributed by atoms with Crippen molar-refractivity contribution in [2.75, 3.05) is 32.5 Å². The Balaban J connectivity index is 2.35. The summed E-state index contributed by atoms with van der Waals surface area (Å²) in [5.41, 5.74) is 0.131. The molecule has 1 aromatic rings. The number of carbonyl (C=O) groups is 3. The number of hydrogen-bond donors (Lipinski definition) is 2. The topological polar surface area (TPSA) is 100 Å². The van der Waals surface area contributed by atoms with Crippen LogP contribution in [0.4, 0.5) is 15.3 Å². The normalized spacial score (nSPS) is 18.8. The number of likely N-dealkylation sites (N-methyl/N-ethyl adjacent to an activating group) is 1. The van der Waals surface area contributed by atoms with Gasteiger partial charge in [-0.15, -0.1) is 0 Å². The molecule has 2 atom stereocenters. The quantitative estimate of drug-likeness (QED) is 0.734. The van der Waals surface area contributed by atoms with Gasteiger partial charge in [0.1, 0.15) is 11.7 Å². The Bertz CT molecular complexity index is 849. The number of ether oxygens (including phenoxy) is 2. The zero-order chi connectivity index (χ0) is 24.2. The minimum absolute atomic E-state index is 0.0514. The minimum Gasteiger partial charge on any atom is -0.485 e. The SMILES string of the molecule is CC(C)NC(=O)Nc1cccc2c1O[C@H](CN(C)C(=O)OC(C)(C)C)[C@H](C)CN(C)C2=O. The first-order chi connectivity index (χ1) is 14.8. The summed E-state index contributed by atoms with van der Waals surface area (Å²) in [5.74, 6) is 0.00985. The lowest BCUT2D eigenvalue weighted by Gasteiger charge is -2.35. The van der Waals surface area contributed by atoms with Crippen LogP contribution in [0.2, 0.25) is 0 Å². The van der Waals surface area contributed by atoms with Crippen LogP contribution in [0.3, 0.4) is 0 Å². The molecule has 0 unspecified atom stereocenters. The van der Waals surface area contributed by atoms with Crippen molar-refractivity contribution in [2.45, 2.75) is 59.3 Å². The van der Waals surface area contributed by atoms with Gasteiger partial charge >= 0.3 is 12.1 Å². The number of rotatable bonds is 4. The fraction of sp³-hybridized carbons (Fsp3) is 0.609. The molecular formula is C23H36N4O5. The van der Waals surface area contributed by atoms with E-state index in [1.165, 1.54) is 4.90 Å². The van der Waals surface area contributed by atoms with Gasteiger partial charge in [-0.3, -0.25) is 4.79 Å². The molecule has 0 aliphatic carbocycles. The zero-order valence-corrected chi connectivity index (χ0v) is 20.3. The highest BCUT2D eigenvalue weighted by molar-refractivity contribution is 6.01. The van der Waals surface area contributed by atoms with Gasteiger partial charge in [0.15, 0.2) is 5.75 Å². The maximum atomic E-state index is 13.0. The lowest BCUT2D eigenvalue weighted by Crippen LogP contribution is -2.47. The fourth-order valence-electron chi connectivity index (χ4n) is 3.36. The van der Waals surface area contributed by atoms with Crippen LogP contribution in [0.5, 0.6) is 5.75 Å². The zero-order valence-electron chi connectivity index (χ0n) is 20.3. The standard InChI is InChI=1S/C23H36N4O5/c1-14(2)24-21(29)25-17-11-9-10-16-19(17)31-18(15(3)12-26(7)20(16)28)13-27(8)22(30)32-23(4,5)6/h9-11,14-15,18H,12-13H2,1-8H3,(H2,24,25,29)/t15-,18-/m1/s1. The summed E-state index contributed by atoms with van der Waals surface area (Å²) in [6, 6.07) is 4.61. The predicted molar refractivity (Wildman–Crippen MR) is 123 cm³/mol. The number of urea groups is 1. The van der Waals surface area contributed by atoms with Crippen molar-refractivity contribution >= 4 is 23.7 Å². The highest BCUT2D eigenvalue weighted by Crippen LogP contribution is 2.34. The Hall–Kier alpha value is -2.97. The van der Waals surface area contributed by atoms with Crippen molar-refractivity contribution in [3.8, 4) is 5.75 Å². The van der Waals surface area contributed by atoms with E-state index in [1.807, 2.05) is 41.5 Å². The average molecular weight is 449 g/mol. The summed E-state index contributed by atoms with van der Waals surface area (Å²) in [6.45, 7) is 11.8. The number of hydrogen-bond acceptors (Lipinski definition) is 5. The molecule has 9 heteroatoms. The van der Waals surface area contributed by atoms with Crippen LogP contribution >= 0.6 is 0 Å². The average Bonchev–Trinajstić information content (AvgIpc) is 2.64. The third-order valence-electron chi connectivity index (χ3n) is 4.88. The van der Waals surface area contributed by atoms with E-state index in [9.17, 15) is 14.4 Å². The van der Waals surface area contributed by atoms with Crippen molar-refractivity contribution in [3.63, 3.8) is 0 Å². The number of nitrogens with one attached hydrogen (secondary N) is 2. The molecule has 1 aliphatic heterocycles. The molecule has 2 rings (SSSR count). The molecule has 0 bridgehead atoms. The first kappa shape index (κ1) is 25.3. The highest BCUT2D eigenvalue weighted by Gasteiger charge is 2.33. The van der Waals surface area contributed by atoms with Crippen LogP contribution in [0, 0.1) is 5.92 Å². The van der Waals surface area contributed by atoms with Crippen molar-refractivity contribution in [1.82, 2.24) is 15.1 Å². The molecule has 0 fully saturated rings. The predicted octanol–water partition coefficient (Wildman–Crippen LogP) is 3.55. The van der Waals surface area contributed by atoms with E-state index in [4.69, 9.17) is 9.47 Å². The molecule has 32 heavy (non-hydrogen) atoms. The third-order valence-corrected chi connectivity index (χ3v) is 4.88. The van der Waals surface area contributed by atoms with Gasteiger partial charge < -0.3 is 29.9 Å². The van der Waals surface area contributed by atoms with Gasteiger partial charge in [-0.1, -0.05) is 13.0 Å². The maximum absolute atomic E-state index is 13.0. The number of carbonyl (C=O) groups excluding carboxylic acids is 3. The molecule has 178 valence electrons. The molecule has 0 aromatic heterocycles. The number of amides is 4. The molecule has 0 saturated heterocycles. The van der Waals surface area contributed by atoms with Gasteiger partial charge in [-0.05, 0) is 46.8 Å². The Morgan fingerprint density at radius 3 is 2.56 bits per heavy atom. The second-order valence-corrected chi connectivity index (χ2v) is 9.62. The summed E-state index contributed by atoms with van der Waals surface area (Å²) in [4.78, 5) is 40.9. The molecule has 4 amide bonds. The molecule has 1 heterocycles. The monoisotopic (exact) mass is 448 g/mol. The van der Waals surface area contributed by atoms with E-state index in [-0.39, 0.29) is 30.2 Å². The summed E-state index contributed by atoms with van der Waals surface area (Å²) in [5, 5.41) is 5.54. The van der Waals surface area contributed by atoms with Crippen LogP contribution in [-0.2, 0) is 4.74 Å².